The molecule has 0 unspecified atom stereocenters. The zero-order valence-electron chi connectivity index (χ0n) is 17.3. The van der Waals surface area contributed by atoms with Crippen LogP contribution in [-0.2, 0) is 17.8 Å². The van der Waals surface area contributed by atoms with Crippen LogP contribution in [0.4, 0.5) is 0 Å². The number of furan rings is 1. The number of amides is 1. The fourth-order valence-electron chi connectivity index (χ4n) is 4.27. The Kier molecular flexibility index (Phi) is 5.00. The molecule has 1 saturated heterocycles. The van der Waals surface area contributed by atoms with E-state index in [9.17, 15) is 4.79 Å². The van der Waals surface area contributed by atoms with E-state index in [0.29, 0.717) is 12.3 Å². The van der Waals surface area contributed by atoms with E-state index in [1.165, 1.54) is 11.3 Å². The number of nitrogens with zero attached hydrogens (tertiary/aromatic N) is 3. The molecule has 0 atom stereocenters. The van der Waals surface area contributed by atoms with Gasteiger partial charge in [-0.15, -0.1) is 0 Å². The van der Waals surface area contributed by atoms with Gasteiger partial charge in [0.25, 0.3) is 0 Å². The number of benzene rings is 1. The highest BCUT2D eigenvalue weighted by Crippen LogP contribution is 2.28. The molecule has 2 aromatic heterocycles. The van der Waals surface area contributed by atoms with Gasteiger partial charge in [-0.05, 0) is 63.6 Å². The Balaban J connectivity index is 1.37. The van der Waals surface area contributed by atoms with Gasteiger partial charge in [-0.3, -0.25) is 9.48 Å². The highest BCUT2D eigenvalue weighted by molar-refractivity contribution is 5.89. The van der Waals surface area contributed by atoms with Crippen LogP contribution < -0.4 is 0 Å². The first kappa shape index (κ1) is 18.8. The molecule has 1 fully saturated rings. The van der Waals surface area contributed by atoms with Crippen molar-refractivity contribution in [2.75, 3.05) is 13.1 Å². The third-order valence-corrected chi connectivity index (χ3v) is 6.19. The zero-order valence-corrected chi connectivity index (χ0v) is 17.3. The second-order valence-electron chi connectivity index (χ2n) is 8.26. The predicted octanol–water partition coefficient (Wildman–Crippen LogP) is 4.34. The maximum atomic E-state index is 12.9. The Morgan fingerprint density at radius 1 is 1.18 bits per heavy atom. The molecule has 1 aliphatic rings. The summed E-state index contributed by atoms with van der Waals surface area (Å²) in [6.07, 6.45) is 4.24. The Labute approximate surface area is 166 Å². The van der Waals surface area contributed by atoms with Crippen LogP contribution in [0, 0.1) is 33.6 Å². The molecule has 3 heterocycles. The van der Waals surface area contributed by atoms with Gasteiger partial charge >= 0.3 is 0 Å². The molecular formula is C23H29N3O2. The van der Waals surface area contributed by atoms with E-state index in [1.807, 2.05) is 11.8 Å². The third-order valence-electron chi connectivity index (χ3n) is 6.19. The van der Waals surface area contributed by atoms with E-state index in [4.69, 9.17) is 4.42 Å². The summed E-state index contributed by atoms with van der Waals surface area (Å²) in [5, 5.41) is 5.64. The number of hydrogen-bond donors (Lipinski definition) is 0. The number of carbonyl (C=O) groups excluding carboxylic acids is 1. The quantitative estimate of drug-likeness (QED) is 0.677. The van der Waals surface area contributed by atoms with Gasteiger partial charge in [0.15, 0.2) is 0 Å². The molecule has 1 amide bonds. The first-order valence-electron chi connectivity index (χ1n) is 10.2. The summed E-state index contributed by atoms with van der Waals surface area (Å²) in [4.78, 5) is 14.9. The second kappa shape index (κ2) is 7.46. The molecule has 0 radical (unpaired) electrons. The van der Waals surface area contributed by atoms with Crippen LogP contribution in [0.25, 0.3) is 11.0 Å². The van der Waals surface area contributed by atoms with E-state index in [1.54, 1.807) is 6.26 Å². The first-order chi connectivity index (χ1) is 13.4. The molecule has 148 valence electrons. The average Bonchev–Trinajstić information content (AvgIpc) is 3.22. The molecule has 0 saturated carbocycles. The monoisotopic (exact) mass is 379 g/mol. The smallest absolute Gasteiger partial charge is 0.227 e. The number of aromatic nitrogens is 2. The molecule has 1 aromatic carbocycles. The van der Waals surface area contributed by atoms with Gasteiger partial charge in [0, 0.05) is 36.3 Å². The molecular weight excluding hydrogens is 350 g/mol. The number of piperidine rings is 1. The van der Waals surface area contributed by atoms with Gasteiger partial charge in [-0.25, -0.2) is 0 Å². The predicted molar refractivity (Wildman–Crippen MR) is 110 cm³/mol. The summed E-state index contributed by atoms with van der Waals surface area (Å²) in [5.41, 5.74) is 6.56. The van der Waals surface area contributed by atoms with Crippen LogP contribution in [0.15, 0.2) is 28.9 Å². The number of likely N-dealkylation sites (tertiary alicyclic amines) is 1. The summed E-state index contributed by atoms with van der Waals surface area (Å²) in [6, 6.07) is 6.30. The minimum absolute atomic E-state index is 0.200. The number of aryl methyl sites for hydroxylation is 4. The van der Waals surface area contributed by atoms with Crippen molar-refractivity contribution in [1.29, 1.82) is 0 Å². The fraction of sp³-hybridized carbons (Fsp3) is 0.478. The zero-order chi connectivity index (χ0) is 19.8. The molecule has 5 nitrogen and oxygen atoms in total. The third kappa shape index (κ3) is 3.58. The van der Waals surface area contributed by atoms with Crippen molar-refractivity contribution in [1.82, 2.24) is 14.7 Å². The first-order valence-corrected chi connectivity index (χ1v) is 10.2. The summed E-state index contributed by atoms with van der Waals surface area (Å²) < 4.78 is 7.88. The summed E-state index contributed by atoms with van der Waals surface area (Å²) in [7, 11) is 0. The molecule has 5 heteroatoms. The normalized spacial score (nSPS) is 15.5. The lowest BCUT2D eigenvalue weighted by Gasteiger charge is -2.32. The number of hydrogen-bond acceptors (Lipinski definition) is 3. The minimum atomic E-state index is 0.200. The molecule has 0 N–H and O–H groups in total. The van der Waals surface area contributed by atoms with Crippen molar-refractivity contribution in [3.8, 4) is 0 Å². The van der Waals surface area contributed by atoms with Gasteiger partial charge in [0.05, 0.1) is 18.4 Å². The van der Waals surface area contributed by atoms with Crippen molar-refractivity contribution in [3.63, 3.8) is 0 Å². The van der Waals surface area contributed by atoms with Crippen molar-refractivity contribution in [2.45, 2.75) is 53.5 Å². The lowest BCUT2D eigenvalue weighted by Crippen LogP contribution is -2.40. The van der Waals surface area contributed by atoms with Gasteiger partial charge < -0.3 is 9.32 Å². The molecule has 0 spiro atoms. The van der Waals surface area contributed by atoms with E-state index in [-0.39, 0.29) is 5.91 Å². The highest BCUT2D eigenvalue weighted by Gasteiger charge is 2.24. The van der Waals surface area contributed by atoms with Gasteiger partial charge in [-0.1, -0.05) is 12.1 Å². The number of rotatable bonds is 4. The highest BCUT2D eigenvalue weighted by atomic mass is 16.3. The van der Waals surface area contributed by atoms with Crippen molar-refractivity contribution in [2.24, 2.45) is 5.92 Å². The van der Waals surface area contributed by atoms with Crippen LogP contribution in [0.1, 0.15) is 40.9 Å². The Morgan fingerprint density at radius 3 is 2.61 bits per heavy atom. The molecule has 3 aromatic rings. The molecule has 1 aliphatic heterocycles. The fourth-order valence-corrected chi connectivity index (χ4v) is 4.27. The Morgan fingerprint density at radius 2 is 1.93 bits per heavy atom. The molecule has 4 rings (SSSR count). The Bertz CT molecular complexity index is 1010. The van der Waals surface area contributed by atoms with Gasteiger partial charge in [0.1, 0.15) is 5.58 Å². The minimum Gasteiger partial charge on any atom is -0.464 e. The SMILES string of the molecule is Cc1cc(C)n(CC2CCN(C(=O)Cc3coc4c(C)c(C)ccc34)CC2)n1. The molecule has 0 aliphatic carbocycles. The lowest BCUT2D eigenvalue weighted by molar-refractivity contribution is -0.131. The summed E-state index contributed by atoms with van der Waals surface area (Å²) >= 11 is 0. The van der Waals surface area contributed by atoms with Crippen molar-refractivity contribution >= 4 is 16.9 Å². The van der Waals surface area contributed by atoms with Crippen LogP contribution >= 0.6 is 0 Å². The number of carbonyl (C=O) groups is 1. The molecule has 28 heavy (non-hydrogen) atoms. The largest absolute Gasteiger partial charge is 0.464 e. The van der Waals surface area contributed by atoms with Gasteiger partial charge in [0.2, 0.25) is 5.91 Å². The summed E-state index contributed by atoms with van der Waals surface area (Å²) in [5.74, 6) is 0.785. The maximum Gasteiger partial charge on any atom is 0.227 e. The Hall–Kier alpha value is -2.56. The van der Waals surface area contributed by atoms with Gasteiger partial charge in [-0.2, -0.15) is 5.10 Å². The van der Waals surface area contributed by atoms with E-state index >= 15 is 0 Å². The average molecular weight is 380 g/mol. The maximum absolute atomic E-state index is 12.9. The standard InChI is InChI=1S/C23H29N3O2/c1-15-5-6-21-20(14-28-23(21)18(15)4)12-22(27)25-9-7-19(8-10-25)13-26-17(3)11-16(2)24-26/h5-6,11,14,19H,7-10,12-13H2,1-4H3. The topological polar surface area (TPSA) is 51.3 Å². The van der Waals surface area contributed by atoms with E-state index in [2.05, 4.69) is 48.8 Å². The van der Waals surface area contributed by atoms with Crippen LogP contribution in [0.3, 0.4) is 0 Å². The van der Waals surface area contributed by atoms with E-state index < -0.39 is 0 Å². The van der Waals surface area contributed by atoms with Crippen molar-refractivity contribution in [3.05, 3.63) is 52.5 Å². The molecule has 0 bridgehead atoms. The summed E-state index contributed by atoms with van der Waals surface area (Å²) in [6.45, 7) is 10.9. The van der Waals surface area contributed by atoms with Crippen molar-refractivity contribution < 1.29 is 9.21 Å². The van der Waals surface area contributed by atoms with Crippen LogP contribution in [0.5, 0.6) is 0 Å². The number of fused-ring (bicyclic) bond motifs is 1. The van der Waals surface area contributed by atoms with E-state index in [0.717, 1.165) is 60.3 Å². The lowest BCUT2D eigenvalue weighted by atomic mass is 9.96. The second-order valence-corrected chi connectivity index (χ2v) is 8.26. The van der Waals surface area contributed by atoms with Crippen LogP contribution in [0.2, 0.25) is 0 Å². The van der Waals surface area contributed by atoms with Crippen LogP contribution in [-0.4, -0.2) is 33.7 Å².